The van der Waals surface area contributed by atoms with Crippen LogP contribution in [-0.4, -0.2) is 10.6 Å². The van der Waals surface area contributed by atoms with E-state index in [9.17, 15) is 0 Å². The number of fused-ring (bicyclic) bond motifs is 6. The Bertz CT molecular complexity index is 3670. The minimum Gasteiger partial charge on any atom is -0.333 e. The summed E-state index contributed by atoms with van der Waals surface area (Å²) in [5.41, 5.74) is 18.2. The molecule has 0 saturated carbocycles. The van der Waals surface area contributed by atoms with Gasteiger partial charge in [0, 0.05) is 33.6 Å². The van der Waals surface area contributed by atoms with Crippen LogP contribution in [0.2, 0.25) is 0 Å². The zero-order chi connectivity index (χ0) is 45.0. The van der Waals surface area contributed by atoms with Gasteiger partial charge in [-0.05, 0) is 122 Å². The van der Waals surface area contributed by atoms with Gasteiger partial charge in [-0.15, -0.1) is 0 Å². The van der Waals surface area contributed by atoms with Crippen molar-refractivity contribution in [3.05, 3.63) is 248 Å². The number of anilines is 2. The maximum Gasteiger partial charge on any atom is 0.0587 e. The topological polar surface area (TPSA) is 8.17 Å². The van der Waals surface area contributed by atoms with Gasteiger partial charge in [0.1, 0.15) is 0 Å². The monoisotopic (exact) mass is 858 g/mol. The van der Waals surface area contributed by atoms with E-state index in [1.54, 1.807) is 0 Å². The first kappa shape index (κ1) is 40.3. The molecule has 0 N–H and O–H groups in total. The van der Waals surface area contributed by atoms with E-state index >= 15 is 0 Å². The first-order chi connectivity index (χ1) is 33.0. The smallest absolute Gasteiger partial charge is 0.0587 e. The Labute approximate surface area is 393 Å². The first-order valence-electron chi connectivity index (χ1n) is 23.5. The number of rotatable bonds is 8. The minimum atomic E-state index is 0.00449. The SMILES string of the molecule is Cc1ccc(-c2ccc(-c3cccc4c3ccc3ccccc34)cc2N(c2ccc(-c3ccc(-c4ccccc4)cc3)cc2)C2C=CC(n3c4ccccc4c4ccccc43)=CC2C)cc1C. The lowest BCUT2D eigenvalue weighted by Gasteiger charge is -2.38. The van der Waals surface area contributed by atoms with E-state index < -0.39 is 0 Å². The van der Waals surface area contributed by atoms with E-state index in [0.717, 1.165) is 5.69 Å². The highest BCUT2D eigenvalue weighted by molar-refractivity contribution is 6.13. The molecule has 67 heavy (non-hydrogen) atoms. The number of benzene rings is 10. The molecule has 2 heteroatoms. The van der Waals surface area contributed by atoms with Gasteiger partial charge >= 0.3 is 0 Å². The normalized spacial score (nSPS) is 14.8. The number of nitrogens with zero attached hydrogens (tertiary/aromatic N) is 2. The van der Waals surface area contributed by atoms with Gasteiger partial charge in [-0.3, -0.25) is 0 Å². The zero-order valence-electron chi connectivity index (χ0n) is 38.1. The molecule has 10 aromatic carbocycles. The molecular weight excluding hydrogens is 809 g/mol. The van der Waals surface area contributed by atoms with Crippen molar-refractivity contribution in [3.63, 3.8) is 0 Å². The van der Waals surface area contributed by atoms with Gasteiger partial charge in [0.15, 0.2) is 0 Å². The molecule has 0 fully saturated rings. The number of aromatic nitrogens is 1. The van der Waals surface area contributed by atoms with Gasteiger partial charge in [-0.25, -0.2) is 0 Å². The molecule has 0 bridgehead atoms. The van der Waals surface area contributed by atoms with Crippen LogP contribution < -0.4 is 4.90 Å². The fourth-order valence-electron chi connectivity index (χ4n) is 10.6. The quantitative estimate of drug-likeness (QED) is 0.138. The summed E-state index contributed by atoms with van der Waals surface area (Å²) < 4.78 is 2.45. The standard InChI is InChI=1S/C65H50N2/c1-43-24-25-51(40-44(43)2)57-37-33-52(56-20-13-21-58-55-17-8-7-16-50(55)32-38-59(56)58)42-65(57)66(53-34-30-49(31-35-53)48-28-26-47(27-29-48)46-14-5-4-6-15-46)62-39-36-54(41-45(62)3)67-63-22-11-9-18-60(63)61-19-10-12-23-64(61)67/h4-42,45,62H,1-3H3. The zero-order valence-corrected chi connectivity index (χ0v) is 38.1. The van der Waals surface area contributed by atoms with Crippen LogP contribution in [-0.2, 0) is 0 Å². The fraction of sp³-hybridized carbons (Fsp3) is 0.0769. The van der Waals surface area contributed by atoms with Crippen LogP contribution in [0.15, 0.2) is 237 Å². The van der Waals surface area contributed by atoms with E-state index in [2.05, 4.69) is 267 Å². The molecular formula is C65H50N2. The average molecular weight is 859 g/mol. The molecule has 0 aliphatic heterocycles. The van der Waals surface area contributed by atoms with Crippen LogP contribution in [0.3, 0.4) is 0 Å². The molecule has 1 aliphatic rings. The van der Waals surface area contributed by atoms with E-state index in [4.69, 9.17) is 0 Å². The second kappa shape index (κ2) is 16.7. The molecule has 12 rings (SSSR count). The van der Waals surface area contributed by atoms with E-state index in [0.29, 0.717) is 0 Å². The Hall–Kier alpha value is -8.20. The largest absolute Gasteiger partial charge is 0.333 e. The van der Waals surface area contributed by atoms with E-state index in [-0.39, 0.29) is 12.0 Å². The molecule has 2 nitrogen and oxygen atoms in total. The van der Waals surface area contributed by atoms with Crippen LogP contribution in [0.5, 0.6) is 0 Å². The van der Waals surface area contributed by atoms with Crippen molar-refractivity contribution >= 4 is 60.4 Å². The lowest BCUT2D eigenvalue weighted by molar-refractivity contribution is 0.609. The number of hydrogen-bond acceptors (Lipinski definition) is 1. The van der Waals surface area contributed by atoms with Gasteiger partial charge in [0.2, 0.25) is 0 Å². The Kier molecular flexibility index (Phi) is 10.0. The predicted octanol–water partition coefficient (Wildman–Crippen LogP) is 17.6. The van der Waals surface area contributed by atoms with Crippen LogP contribution in [0, 0.1) is 19.8 Å². The molecule has 320 valence electrons. The van der Waals surface area contributed by atoms with Gasteiger partial charge in [-0.2, -0.15) is 0 Å². The number of hydrogen-bond donors (Lipinski definition) is 0. The molecule has 1 heterocycles. The summed E-state index contributed by atoms with van der Waals surface area (Å²) in [4.78, 5) is 2.61. The van der Waals surface area contributed by atoms with Crippen molar-refractivity contribution in [3.8, 4) is 44.5 Å². The van der Waals surface area contributed by atoms with E-state index in [1.165, 1.54) is 110 Å². The summed E-state index contributed by atoms with van der Waals surface area (Å²) in [5.74, 6) is 0.144. The molecule has 0 amide bonds. The number of allylic oxidation sites excluding steroid dienone is 2. The van der Waals surface area contributed by atoms with Gasteiger partial charge in [-0.1, -0.05) is 207 Å². The summed E-state index contributed by atoms with van der Waals surface area (Å²) in [6.07, 6.45) is 7.28. The van der Waals surface area contributed by atoms with Crippen molar-refractivity contribution in [1.29, 1.82) is 0 Å². The third kappa shape index (κ3) is 7.14. The van der Waals surface area contributed by atoms with Gasteiger partial charge in [0.25, 0.3) is 0 Å². The summed E-state index contributed by atoms with van der Waals surface area (Å²) in [5, 5.41) is 7.60. The minimum absolute atomic E-state index is 0.00449. The van der Waals surface area contributed by atoms with Crippen molar-refractivity contribution in [1.82, 2.24) is 4.57 Å². The van der Waals surface area contributed by atoms with Crippen LogP contribution in [0.4, 0.5) is 11.4 Å². The summed E-state index contributed by atoms with van der Waals surface area (Å²) in [6.45, 7) is 6.81. The summed E-state index contributed by atoms with van der Waals surface area (Å²) in [7, 11) is 0. The third-order valence-corrected chi connectivity index (χ3v) is 14.2. The first-order valence-corrected chi connectivity index (χ1v) is 23.5. The van der Waals surface area contributed by atoms with Crippen molar-refractivity contribution in [2.45, 2.75) is 26.8 Å². The Morgan fingerprint density at radius 3 is 1.66 bits per heavy atom. The highest BCUT2D eigenvalue weighted by Gasteiger charge is 2.29. The summed E-state index contributed by atoms with van der Waals surface area (Å²) in [6, 6.07) is 80.6. The molecule has 0 radical (unpaired) electrons. The number of aryl methyl sites for hydroxylation is 2. The lowest BCUT2D eigenvalue weighted by Crippen LogP contribution is -2.36. The third-order valence-electron chi connectivity index (χ3n) is 14.2. The highest BCUT2D eigenvalue weighted by Crippen LogP contribution is 2.45. The van der Waals surface area contributed by atoms with Crippen molar-refractivity contribution in [2.24, 2.45) is 5.92 Å². The van der Waals surface area contributed by atoms with E-state index in [1.807, 2.05) is 0 Å². The predicted molar refractivity (Wildman–Crippen MR) is 287 cm³/mol. The maximum atomic E-state index is 2.61. The van der Waals surface area contributed by atoms with Crippen molar-refractivity contribution < 1.29 is 0 Å². The Morgan fingerprint density at radius 2 is 0.970 bits per heavy atom. The van der Waals surface area contributed by atoms with Crippen LogP contribution in [0.25, 0.3) is 93.6 Å². The van der Waals surface area contributed by atoms with Crippen LogP contribution in [0.1, 0.15) is 18.1 Å². The van der Waals surface area contributed by atoms with Crippen molar-refractivity contribution in [2.75, 3.05) is 4.90 Å². The van der Waals surface area contributed by atoms with Crippen LogP contribution >= 0.6 is 0 Å². The molecule has 0 spiro atoms. The van der Waals surface area contributed by atoms with Gasteiger partial charge in [0.05, 0.1) is 22.8 Å². The fourth-order valence-corrected chi connectivity index (χ4v) is 10.6. The Balaban J connectivity index is 1.03. The second-order valence-corrected chi connectivity index (χ2v) is 18.2. The molecule has 1 aliphatic carbocycles. The Morgan fingerprint density at radius 1 is 0.403 bits per heavy atom. The lowest BCUT2D eigenvalue weighted by atomic mass is 9.89. The molecule has 1 aromatic heterocycles. The molecule has 2 atom stereocenters. The average Bonchev–Trinajstić information content (AvgIpc) is 3.72. The molecule has 0 saturated heterocycles. The number of para-hydroxylation sites is 2. The van der Waals surface area contributed by atoms with Gasteiger partial charge < -0.3 is 9.47 Å². The summed E-state index contributed by atoms with van der Waals surface area (Å²) >= 11 is 0. The highest BCUT2D eigenvalue weighted by atomic mass is 15.2. The molecule has 2 unspecified atom stereocenters. The maximum absolute atomic E-state index is 2.61. The molecule has 11 aromatic rings. The second-order valence-electron chi connectivity index (χ2n) is 18.2.